The Balaban J connectivity index is 0.000000164. The average molecular weight is 703 g/mol. The molecule has 0 atom stereocenters. The van der Waals surface area contributed by atoms with Crippen molar-refractivity contribution in [3.63, 3.8) is 0 Å². The van der Waals surface area contributed by atoms with Gasteiger partial charge in [-0.1, -0.05) is 112 Å². The van der Waals surface area contributed by atoms with Crippen LogP contribution in [0.15, 0.2) is 121 Å². The van der Waals surface area contributed by atoms with E-state index in [4.69, 9.17) is 0 Å². The van der Waals surface area contributed by atoms with Gasteiger partial charge < -0.3 is 0 Å². The molecule has 6 rings (SSSR count). The van der Waals surface area contributed by atoms with E-state index in [1.165, 1.54) is 77.9 Å². The standard InChI is InChI=1S/2C18H17.C2H6Si.Hf/c2*1-13(2)16-11-15-9-6-10-17(18(15)12-16)14-7-4-3-5-8-14;1-3-2;/h2*3-13H,1-2H3;1-2H3;/q2*-1;;+2. The van der Waals surface area contributed by atoms with Gasteiger partial charge >= 0.3 is 41.6 Å². The van der Waals surface area contributed by atoms with Crippen molar-refractivity contribution in [1.29, 1.82) is 0 Å². The number of fused-ring (bicyclic) bond motifs is 2. The van der Waals surface area contributed by atoms with Crippen molar-refractivity contribution >= 4 is 27.0 Å². The van der Waals surface area contributed by atoms with Crippen LogP contribution < -0.4 is 0 Å². The van der Waals surface area contributed by atoms with Crippen molar-refractivity contribution < 1.29 is 23.0 Å². The molecular formula is C38H40HfSi. The molecule has 6 aromatic rings. The Kier molecular flexibility index (Phi) is 10.7. The Morgan fingerprint density at radius 2 is 0.875 bits per heavy atom. The molecule has 0 aliphatic rings. The van der Waals surface area contributed by atoms with Crippen molar-refractivity contribution in [3.05, 3.63) is 132 Å². The first-order chi connectivity index (χ1) is 19.2. The number of benzene rings is 4. The van der Waals surface area contributed by atoms with Crippen LogP contribution >= 0.6 is 0 Å². The summed E-state index contributed by atoms with van der Waals surface area (Å²) in [5.74, 6) is 1.17. The zero-order valence-corrected chi connectivity index (χ0v) is 29.3. The Bertz CT molecular complexity index is 1540. The summed E-state index contributed by atoms with van der Waals surface area (Å²) in [6.07, 6.45) is 0. The fourth-order valence-corrected chi connectivity index (χ4v) is 4.92. The first-order valence-electron chi connectivity index (χ1n) is 14.3. The third-order valence-corrected chi connectivity index (χ3v) is 7.05. The van der Waals surface area contributed by atoms with Crippen LogP contribution in [-0.4, -0.2) is 5.49 Å². The summed E-state index contributed by atoms with van der Waals surface area (Å²) in [4.78, 5) is 0. The van der Waals surface area contributed by atoms with Gasteiger partial charge in [0.25, 0.3) is 0 Å². The van der Waals surface area contributed by atoms with Gasteiger partial charge in [0.05, 0.1) is 0 Å². The second-order valence-corrected chi connectivity index (χ2v) is 24.0. The van der Waals surface area contributed by atoms with Gasteiger partial charge in [-0.2, -0.15) is 12.1 Å². The van der Waals surface area contributed by atoms with E-state index in [0.29, 0.717) is 11.8 Å². The molecule has 0 saturated heterocycles. The third kappa shape index (κ3) is 7.68. The normalized spacial score (nSPS) is 10.8. The molecule has 0 saturated carbocycles. The Morgan fingerprint density at radius 3 is 1.20 bits per heavy atom. The predicted octanol–water partition coefficient (Wildman–Crippen LogP) is 11.5. The summed E-state index contributed by atoms with van der Waals surface area (Å²) < 4.78 is 0. The van der Waals surface area contributed by atoms with Gasteiger partial charge in [0.2, 0.25) is 0 Å². The van der Waals surface area contributed by atoms with Crippen LogP contribution in [0.2, 0.25) is 13.1 Å². The molecule has 0 heterocycles. The van der Waals surface area contributed by atoms with Crippen LogP contribution in [0.5, 0.6) is 0 Å². The summed E-state index contributed by atoms with van der Waals surface area (Å²) in [5.41, 5.74) is 8.37. The molecule has 0 fully saturated rings. The minimum atomic E-state index is 0.259. The van der Waals surface area contributed by atoms with E-state index in [0.717, 1.165) is 0 Å². The molecule has 0 amide bonds. The van der Waals surface area contributed by atoms with E-state index >= 15 is 0 Å². The topological polar surface area (TPSA) is 0 Å². The Hall–Kier alpha value is -2.81. The van der Waals surface area contributed by atoms with Gasteiger partial charge in [-0.15, -0.1) is 69.1 Å². The van der Waals surface area contributed by atoms with Crippen LogP contribution in [0.4, 0.5) is 0 Å². The molecule has 0 bridgehead atoms. The van der Waals surface area contributed by atoms with E-state index in [2.05, 4.69) is 162 Å². The van der Waals surface area contributed by atoms with Crippen molar-refractivity contribution in [2.45, 2.75) is 52.6 Å². The van der Waals surface area contributed by atoms with E-state index < -0.39 is 0 Å². The molecule has 0 aromatic heterocycles. The summed E-state index contributed by atoms with van der Waals surface area (Å²) in [7, 11) is 0. The van der Waals surface area contributed by atoms with Crippen LogP contribution in [0.25, 0.3) is 43.8 Å². The molecule has 0 spiro atoms. The average Bonchev–Trinajstić information content (AvgIpc) is 3.59. The molecule has 6 aromatic carbocycles. The quantitative estimate of drug-likeness (QED) is 0.127. The molecular weight excluding hydrogens is 663 g/mol. The summed E-state index contributed by atoms with van der Waals surface area (Å²) in [5, 5.41) is 5.43. The minimum absolute atomic E-state index is 0.259. The molecule has 40 heavy (non-hydrogen) atoms. The molecule has 2 heteroatoms. The third-order valence-electron chi connectivity index (χ3n) is 7.05. The van der Waals surface area contributed by atoms with Crippen LogP contribution in [0.1, 0.15) is 50.7 Å². The van der Waals surface area contributed by atoms with Crippen molar-refractivity contribution in [2.75, 3.05) is 0 Å². The van der Waals surface area contributed by atoms with Gasteiger partial charge in [-0.3, -0.25) is 0 Å². The van der Waals surface area contributed by atoms with Gasteiger partial charge in [-0.05, 0) is 23.0 Å². The maximum atomic E-state index is 2.34. The van der Waals surface area contributed by atoms with Crippen molar-refractivity contribution in [3.8, 4) is 22.3 Å². The monoisotopic (exact) mass is 704 g/mol. The second kappa shape index (κ2) is 14.2. The molecule has 0 aliphatic heterocycles. The van der Waals surface area contributed by atoms with Gasteiger partial charge in [0.1, 0.15) is 0 Å². The SMILES string of the molecule is CC(C)c1cc2c(-c3ccccc3)cccc2[cH-]1.CC(C)c1cc2c(-c3ccccc3)cccc2[cH-]1.C[Si](C)=[Hf+2]. The van der Waals surface area contributed by atoms with Gasteiger partial charge in [-0.25, -0.2) is 0 Å². The van der Waals surface area contributed by atoms with Gasteiger partial charge in [0, 0.05) is 0 Å². The molecule has 200 valence electrons. The van der Waals surface area contributed by atoms with Gasteiger partial charge in [0.15, 0.2) is 0 Å². The molecule has 0 aliphatic carbocycles. The van der Waals surface area contributed by atoms with Crippen LogP contribution in [-0.2, 0) is 23.0 Å². The van der Waals surface area contributed by atoms with E-state index in [1.54, 1.807) is 0 Å². The van der Waals surface area contributed by atoms with Crippen LogP contribution in [0.3, 0.4) is 0 Å². The summed E-state index contributed by atoms with van der Waals surface area (Å²) in [6, 6.07) is 43.6. The molecule has 0 N–H and O–H groups in total. The van der Waals surface area contributed by atoms with Crippen molar-refractivity contribution in [2.24, 2.45) is 0 Å². The summed E-state index contributed by atoms with van der Waals surface area (Å²) in [6.45, 7) is 13.6. The fourth-order valence-electron chi connectivity index (χ4n) is 4.92. The molecule has 0 unspecified atom stereocenters. The Morgan fingerprint density at radius 1 is 0.525 bits per heavy atom. The number of hydrogen-bond donors (Lipinski definition) is 0. The fraction of sp³-hybridized carbons (Fsp3) is 0.211. The zero-order valence-electron chi connectivity index (χ0n) is 24.7. The first-order valence-corrected chi connectivity index (χ1v) is 22.1. The van der Waals surface area contributed by atoms with E-state index in [-0.39, 0.29) is 5.49 Å². The summed E-state index contributed by atoms with van der Waals surface area (Å²) >= 11 is 1.45. The van der Waals surface area contributed by atoms with E-state index in [9.17, 15) is 0 Å². The zero-order chi connectivity index (χ0) is 28.6. The van der Waals surface area contributed by atoms with Crippen molar-refractivity contribution in [1.82, 2.24) is 0 Å². The predicted molar refractivity (Wildman–Crippen MR) is 176 cm³/mol. The first kappa shape index (κ1) is 30.2. The molecule has 0 radical (unpaired) electrons. The van der Waals surface area contributed by atoms with E-state index in [1.807, 2.05) is 0 Å². The number of rotatable bonds is 4. The second-order valence-electron chi connectivity index (χ2n) is 11.2. The maximum absolute atomic E-state index is 2.34. The number of hydrogen-bond acceptors (Lipinski definition) is 0. The Labute approximate surface area is 255 Å². The molecule has 0 nitrogen and oxygen atoms in total. The van der Waals surface area contributed by atoms with Crippen LogP contribution in [0, 0.1) is 0 Å².